The second-order valence-corrected chi connectivity index (χ2v) is 6.70. The molecule has 6 nitrogen and oxygen atoms in total. The molecule has 1 aromatic carbocycles. The van der Waals surface area contributed by atoms with Crippen molar-refractivity contribution in [2.75, 3.05) is 6.54 Å². The molecule has 0 bridgehead atoms. The fourth-order valence-corrected chi connectivity index (χ4v) is 3.01. The molecule has 26 heavy (non-hydrogen) atoms. The lowest BCUT2D eigenvalue weighted by atomic mass is 9.86. The topological polar surface area (TPSA) is 84.5 Å². The van der Waals surface area contributed by atoms with Gasteiger partial charge in [0.1, 0.15) is 12.4 Å². The minimum absolute atomic E-state index is 0.102. The van der Waals surface area contributed by atoms with Crippen LogP contribution in [-0.4, -0.2) is 36.5 Å². The van der Waals surface area contributed by atoms with Gasteiger partial charge in [0.15, 0.2) is 6.10 Å². The minimum atomic E-state index is -0.942. The van der Waals surface area contributed by atoms with Crippen LogP contribution in [0.15, 0.2) is 24.3 Å². The smallest absolute Gasteiger partial charge is 0.326 e. The van der Waals surface area contributed by atoms with Gasteiger partial charge in [-0.3, -0.25) is 14.4 Å². The van der Waals surface area contributed by atoms with Crippen LogP contribution in [0.5, 0.6) is 0 Å². The predicted molar refractivity (Wildman–Crippen MR) is 93.8 cm³/mol. The summed E-state index contributed by atoms with van der Waals surface area (Å²) in [6.07, 6.45) is 3.31. The molecule has 2 rings (SSSR count). The van der Waals surface area contributed by atoms with E-state index in [0.717, 1.165) is 25.3 Å². The molecule has 0 heterocycles. The molecule has 0 aliphatic heterocycles. The summed E-state index contributed by atoms with van der Waals surface area (Å²) in [5, 5.41) is 5.27. The molecule has 1 aliphatic rings. The number of halogens is 1. The average molecular weight is 364 g/mol. The summed E-state index contributed by atoms with van der Waals surface area (Å²) >= 11 is 0. The first-order valence-electron chi connectivity index (χ1n) is 8.90. The molecule has 7 heteroatoms. The van der Waals surface area contributed by atoms with Crippen LogP contribution >= 0.6 is 0 Å². The molecule has 0 radical (unpaired) electrons. The number of rotatable bonds is 6. The van der Waals surface area contributed by atoms with Crippen LogP contribution in [0.1, 0.15) is 49.9 Å². The average Bonchev–Trinajstić information content (AvgIpc) is 2.61. The number of nitrogens with one attached hydrogen (secondary N) is 2. The first kappa shape index (κ1) is 19.9. The summed E-state index contributed by atoms with van der Waals surface area (Å²) in [4.78, 5) is 35.9. The molecule has 1 fully saturated rings. The van der Waals surface area contributed by atoms with Crippen molar-refractivity contribution in [2.24, 2.45) is 5.92 Å². The molecule has 0 unspecified atom stereocenters. The Morgan fingerprint density at radius 3 is 2.69 bits per heavy atom. The maximum absolute atomic E-state index is 13.1. The van der Waals surface area contributed by atoms with E-state index in [0.29, 0.717) is 5.92 Å². The first-order chi connectivity index (χ1) is 12.4. The van der Waals surface area contributed by atoms with Crippen molar-refractivity contribution >= 4 is 17.8 Å². The van der Waals surface area contributed by atoms with E-state index in [1.807, 2.05) is 0 Å². The standard InChI is InChI=1S/C19H25FN2O4/c1-12-6-3-4-9-16(12)22-18(24)13(2)26-17(23)11-21-19(25)14-7-5-8-15(20)10-14/h5,7-8,10,12-13,16H,3-4,6,9,11H2,1-2H3,(H,21,25)(H,22,24)/t12-,13-,16+/m1/s1. The van der Waals surface area contributed by atoms with Crippen LogP contribution in [0.3, 0.4) is 0 Å². The number of carbonyl (C=O) groups is 3. The highest BCUT2D eigenvalue weighted by molar-refractivity contribution is 5.96. The van der Waals surface area contributed by atoms with Crippen LogP contribution in [0.2, 0.25) is 0 Å². The second kappa shape index (κ2) is 9.31. The monoisotopic (exact) mass is 364 g/mol. The summed E-state index contributed by atoms with van der Waals surface area (Å²) in [6.45, 7) is 3.20. The van der Waals surface area contributed by atoms with Gasteiger partial charge in [-0.05, 0) is 43.9 Å². The van der Waals surface area contributed by atoms with E-state index in [1.54, 1.807) is 0 Å². The van der Waals surface area contributed by atoms with E-state index in [4.69, 9.17) is 4.74 Å². The molecule has 142 valence electrons. The molecule has 2 amide bonds. The van der Waals surface area contributed by atoms with E-state index >= 15 is 0 Å². The fraction of sp³-hybridized carbons (Fsp3) is 0.526. The van der Waals surface area contributed by atoms with E-state index in [2.05, 4.69) is 17.6 Å². The highest BCUT2D eigenvalue weighted by Gasteiger charge is 2.26. The zero-order valence-corrected chi connectivity index (χ0v) is 15.1. The number of esters is 1. The molecule has 1 aromatic rings. The van der Waals surface area contributed by atoms with Crippen molar-refractivity contribution in [3.05, 3.63) is 35.6 Å². The molecule has 0 saturated heterocycles. The Balaban J connectivity index is 1.75. The van der Waals surface area contributed by atoms with Gasteiger partial charge in [-0.15, -0.1) is 0 Å². The lowest BCUT2D eigenvalue weighted by Crippen LogP contribution is -2.46. The SMILES string of the molecule is C[C@@H]1CCCC[C@@H]1NC(=O)[C@@H](C)OC(=O)CNC(=O)c1cccc(F)c1. The van der Waals surface area contributed by atoms with Gasteiger partial charge in [0.2, 0.25) is 0 Å². The molecule has 2 N–H and O–H groups in total. The molecular weight excluding hydrogens is 339 g/mol. The number of carbonyl (C=O) groups excluding carboxylic acids is 3. The Bertz CT molecular complexity index is 665. The van der Waals surface area contributed by atoms with Gasteiger partial charge in [-0.1, -0.05) is 25.8 Å². The van der Waals surface area contributed by atoms with Gasteiger partial charge in [0, 0.05) is 11.6 Å². The van der Waals surface area contributed by atoms with Crippen molar-refractivity contribution in [1.82, 2.24) is 10.6 Å². The van der Waals surface area contributed by atoms with Gasteiger partial charge >= 0.3 is 5.97 Å². The number of hydrogen-bond donors (Lipinski definition) is 2. The summed E-state index contributed by atoms with van der Waals surface area (Å²) in [5.41, 5.74) is 0.106. The molecule has 1 aliphatic carbocycles. The largest absolute Gasteiger partial charge is 0.451 e. The van der Waals surface area contributed by atoms with Gasteiger partial charge in [-0.2, -0.15) is 0 Å². The Labute approximate surface area is 152 Å². The fourth-order valence-electron chi connectivity index (χ4n) is 3.01. The zero-order valence-electron chi connectivity index (χ0n) is 15.1. The van der Waals surface area contributed by atoms with Crippen molar-refractivity contribution in [2.45, 2.75) is 51.7 Å². The maximum Gasteiger partial charge on any atom is 0.326 e. The Kier molecular flexibility index (Phi) is 7.12. The third kappa shape index (κ3) is 5.82. The maximum atomic E-state index is 13.1. The van der Waals surface area contributed by atoms with E-state index in [1.165, 1.54) is 31.5 Å². The number of hydrogen-bond acceptors (Lipinski definition) is 4. The third-order valence-corrected chi connectivity index (χ3v) is 4.60. The van der Waals surface area contributed by atoms with Gasteiger partial charge < -0.3 is 15.4 Å². The Hall–Kier alpha value is -2.44. The van der Waals surface area contributed by atoms with Crippen molar-refractivity contribution in [1.29, 1.82) is 0 Å². The second-order valence-electron chi connectivity index (χ2n) is 6.70. The molecule has 3 atom stereocenters. The van der Waals surface area contributed by atoms with Crippen LogP contribution < -0.4 is 10.6 Å². The number of ether oxygens (including phenoxy) is 1. The quantitative estimate of drug-likeness (QED) is 0.758. The summed E-state index contributed by atoms with van der Waals surface area (Å²) in [7, 11) is 0. The minimum Gasteiger partial charge on any atom is -0.451 e. The molecular formula is C19H25FN2O4. The Morgan fingerprint density at radius 1 is 1.27 bits per heavy atom. The number of amides is 2. The Morgan fingerprint density at radius 2 is 2.00 bits per heavy atom. The highest BCUT2D eigenvalue weighted by atomic mass is 19.1. The summed E-state index contributed by atoms with van der Waals surface area (Å²) in [5.74, 6) is -1.79. The van der Waals surface area contributed by atoms with Crippen LogP contribution in [0.4, 0.5) is 4.39 Å². The van der Waals surface area contributed by atoms with E-state index in [9.17, 15) is 18.8 Å². The van der Waals surface area contributed by atoms with Crippen LogP contribution in [0, 0.1) is 11.7 Å². The van der Waals surface area contributed by atoms with E-state index < -0.39 is 30.3 Å². The van der Waals surface area contributed by atoms with E-state index in [-0.39, 0.29) is 17.5 Å². The van der Waals surface area contributed by atoms with Gasteiger partial charge in [-0.25, -0.2) is 4.39 Å². The van der Waals surface area contributed by atoms with Crippen LogP contribution in [-0.2, 0) is 14.3 Å². The third-order valence-electron chi connectivity index (χ3n) is 4.60. The molecule has 0 spiro atoms. The van der Waals surface area contributed by atoms with Gasteiger partial charge in [0.05, 0.1) is 0 Å². The van der Waals surface area contributed by atoms with Gasteiger partial charge in [0.25, 0.3) is 11.8 Å². The van der Waals surface area contributed by atoms with Crippen molar-refractivity contribution in [3.63, 3.8) is 0 Å². The summed E-state index contributed by atoms with van der Waals surface area (Å²) < 4.78 is 18.2. The highest BCUT2D eigenvalue weighted by Crippen LogP contribution is 2.23. The first-order valence-corrected chi connectivity index (χ1v) is 8.90. The molecule has 1 saturated carbocycles. The summed E-state index contributed by atoms with van der Waals surface area (Å²) in [6, 6.07) is 5.23. The zero-order chi connectivity index (χ0) is 19.1. The molecule has 0 aromatic heterocycles. The predicted octanol–water partition coefficient (Wildman–Crippen LogP) is 2.18. The van der Waals surface area contributed by atoms with Crippen LogP contribution in [0.25, 0.3) is 0 Å². The number of benzene rings is 1. The van der Waals surface area contributed by atoms with Crippen molar-refractivity contribution < 1.29 is 23.5 Å². The lowest BCUT2D eigenvalue weighted by molar-refractivity contribution is -0.154. The lowest BCUT2D eigenvalue weighted by Gasteiger charge is -2.30. The normalized spacial score (nSPS) is 20.7. The van der Waals surface area contributed by atoms with Crippen molar-refractivity contribution in [3.8, 4) is 0 Å².